The lowest BCUT2D eigenvalue weighted by Gasteiger charge is -1.96. The quantitative estimate of drug-likeness (QED) is 0.707. The molecule has 0 saturated carbocycles. The summed E-state index contributed by atoms with van der Waals surface area (Å²) in [6.45, 7) is 0. The normalized spacial score (nSPS) is 12.2. The van der Waals surface area contributed by atoms with Crippen LogP contribution in [0.4, 0.5) is 0 Å². The van der Waals surface area contributed by atoms with Crippen molar-refractivity contribution in [2.45, 2.75) is 0 Å². The Balaban J connectivity index is 2.09. The van der Waals surface area contributed by atoms with Gasteiger partial charge in [0, 0.05) is 12.4 Å². The number of hydrogen-bond donors (Lipinski definition) is 2. The molecule has 3 rings (SSSR count). The van der Waals surface area contributed by atoms with E-state index in [0.717, 1.165) is 0 Å². The summed E-state index contributed by atoms with van der Waals surface area (Å²) in [6.07, 6.45) is 3.35. The first-order chi connectivity index (χ1) is 8.93. The van der Waals surface area contributed by atoms with Crippen LogP contribution in [0, 0.1) is 0 Å². The molecule has 0 aliphatic heterocycles. The van der Waals surface area contributed by atoms with Crippen LogP contribution in [-0.4, -0.2) is 19.2 Å². The van der Waals surface area contributed by atoms with Crippen molar-refractivity contribution >= 4 is 30.3 Å². The minimum absolute atomic E-state index is 0.290. The second kappa shape index (κ2) is 4.21. The maximum absolute atomic E-state index is 11.1. The average Bonchev–Trinajstić information content (AvgIpc) is 2.92. The van der Waals surface area contributed by atoms with E-state index < -0.39 is 7.60 Å². The third-order valence-electron chi connectivity index (χ3n) is 2.55. The molecule has 0 aliphatic rings. The number of hydrogen-bond acceptors (Lipinski definition) is 3. The first-order valence-electron chi connectivity index (χ1n) is 5.24. The lowest BCUT2D eigenvalue weighted by atomic mass is 10.4. The van der Waals surface area contributed by atoms with Gasteiger partial charge in [-0.15, -0.1) is 0 Å². The topological polar surface area (TPSA) is 88.0 Å². The maximum atomic E-state index is 11.1. The van der Waals surface area contributed by atoms with Gasteiger partial charge in [0.05, 0.1) is 5.02 Å². The molecule has 0 saturated heterocycles. The molecule has 0 amide bonds. The van der Waals surface area contributed by atoms with E-state index in [2.05, 4.69) is 4.98 Å². The minimum atomic E-state index is -4.38. The second-order valence-corrected chi connectivity index (χ2v) is 5.89. The Morgan fingerprint density at radius 3 is 2.68 bits per heavy atom. The van der Waals surface area contributed by atoms with Crippen LogP contribution in [0.2, 0.25) is 5.02 Å². The molecule has 0 bridgehead atoms. The Kier molecular flexibility index (Phi) is 2.76. The highest BCUT2D eigenvalue weighted by atomic mass is 35.5. The molecule has 3 heterocycles. The summed E-state index contributed by atoms with van der Waals surface area (Å²) in [5.41, 5.74) is 0.757. The fourth-order valence-corrected chi connectivity index (χ4v) is 2.36. The highest BCUT2D eigenvalue weighted by molar-refractivity contribution is 7.59. The lowest BCUT2D eigenvalue weighted by Crippen LogP contribution is -1.98. The lowest BCUT2D eigenvalue weighted by molar-refractivity contribution is 0.377. The Hall–Kier alpha value is -1.59. The van der Waals surface area contributed by atoms with Gasteiger partial charge in [-0.05, 0) is 24.3 Å². The van der Waals surface area contributed by atoms with E-state index in [0.29, 0.717) is 16.4 Å². The molecule has 6 nitrogen and oxygen atoms in total. The molecule has 19 heavy (non-hydrogen) atoms. The Morgan fingerprint density at radius 2 is 2.00 bits per heavy atom. The van der Waals surface area contributed by atoms with Crippen LogP contribution in [0.3, 0.4) is 0 Å². The van der Waals surface area contributed by atoms with Gasteiger partial charge >= 0.3 is 7.60 Å². The molecular weight excluding hydrogens is 291 g/mol. The predicted molar refractivity (Wildman–Crippen MR) is 69.6 cm³/mol. The second-order valence-electron chi connectivity index (χ2n) is 3.92. The van der Waals surface area contributed by atoms with Crippen LogP contribution in [0.5, 0.6) is 0 Å². The molecule has 98 valence electrons. The average molecular weight is 299 g/mol. The van der Waals surface area contributed by atoms with Gasteiger partial charge in [0.1, 0.15) is 11.3 Å². The van der Waals surface area contributed by atoms with Crippen molar-refractivity contribution < 1.29 is 18.8 Å². The smallest absolute Gasteiger partial charge is 0.391 e. The Bertz CT molecular complexity index is 804. The molecule has 0 fully saturated rings. The number of pyridine rings is 1. The highest BCUT2D eigenvalue weighted by Crippen LogP contribution is 2.35. The van der Waals surface area contributed by atoms with Crippen LogP contribution in [0.1, 0.15) is 0 Å². The van der Waals surface area contributed by atoms with Gasteiger partial charge < -0.3 is 18.6 Å². The van der Waals surface area contributed by atoms with Crippen molar-refractivity contribution in [2.75, 3.05) is 0 Å². The molecule has 3 aromatic heterocycles. The standard InChI is InChI=1S/C11H8ClN2O4P/c12-7-1-3-10-13-8(6-14(10)5-7)9-2-4-11(18-9)19(15,16)17/h1-6H,(H2,15,16,17). The summed E-state index contributed by atoms with van der Waals surface area (Å²) in [6, 6.07) is 6.15. The van der Waals surface area contributed by atoms with Gasteiger partial charge in [0.15, 0.2) is 5.76 Å². The highest BCUT2D eigenvalue weighted by Gasteiger charge is 2.22. The first kappa shape index (κ1) is 12.4. The van der Waals surface area contributed by atoms with Crippen molar-refractivity contribution in [3.63, 3.8) is 0 Å². The van der Waals surface area contributed by atoms with Crippen LogP contribution >= 0.6 is 19.2 Å². The minimum Gasteiger partial charge on any atom is -0.446 e. The van der Waals surface area contributed by atoms with Crippen LogP contribution < -0.4 is 5.50 Å². The van der Waals surface area contributed by atoms with Gasteiger partial charge in [0.25, 0.3) is 0 Å². The molecular formula is C11H8ClN2O4P. The van der Waals surface area contributed by atoms with Gasteiger partial charge in [-0.1, -0.05) is 11.6 Å². The Morgan fingerprint density at radius 1 is 1.21 bits per heavy atom. The van der Waals surface area contributed by atoms with Gasteiger partial charge in [-0.25, -0.2) is 4.98 Å². The predicted octanol–water partition coefficient (Wildman–Crippen LogP) is 2.05. The SMILES string of the molecule is O=P(O)(O)c1ccc(-c2cn3cc(Cl)ccc3n2)o1. The third-order valence-corrected chi connectivity index (χ3v) is 3.58. The zero-order chi connectivity index (χ0) is 13.6. The molecule has 0 atom stereocenters. The molecule has 8 heteroatoms. The number of aromatic nitrogens is 2. The summed E-state index contributed by atoms with van der Waals surface area (Å²) in [5, 5.41) is 0.562. The number of nitrogens with zero attached hydrogens (tertiary/aromatic N) is 2. The monoisotopic (exact) mass is 298 g/mol. The number of fused-ring (bicyclic) bond motifs is 1. The summed E-state index contributed by atoms with van der Waals surface area (Å²) < 4.78 is 17.9. The van der Waals surface area contributed by atoms with Gasteiger partial charge in [-0.3, -0.25) is 4.57 Å². The van der Waals surface area contributed by atoms with Crippen LogP contribution in [0.25, 0.3) is 17.1 Å². The van der Waals surface area contributed by atoms with E-state index in [4.69, 9.17) is 25.8 Å². The number of imidazole rings is 1. The summed E-state index contributed by atoms with van der Waals surface area (Å²) >= 11 is 5.86. The zero-order valence-corrected chi connectivity index (χ0v) is 11.0. The zero-order valence-electron chi connectivity index (χ0n) is 9.39. The molecule has 3 aromatic rings. The van der Waals surface area contributed by atoms with E-state index in [1.54, 1.807) is 28.9 Å². The number of furan rings is 1. The molecule has 0 aromatic carbocycles. The van der Waals surface area contributed by atoms with Gasteiger partial charge in [0.2, 0.25) is 5.50 Å². The molecule has 0 spiro atoms. The van der Waals surface area contributed by atoms with Crippen molar-refractivity contribution in [2.24, 2.45) is 0 Å². The summed E-state index contributed by atoms with van der Waals surface area (Å²) in [7, 11) is -4.38. The van der Waals surface area contributed by atoms with E-state index in [9.17, 15) is 4.57 Å². The van der Waals surface area contributed by atoms with E-state index in [1.165, 1.54) is 12.1 Å². The maximum Gasteiger partial charge on any atom is 0.391 e. The van der Waals surface area contributed by atoms with E-state index >= 15 is 0 Å². The number of halogens is 1. The van der Waals surface area contributed by atoms with Gasteiger partial charge in [-0.2, -0.15) is 0 Å². The molecule has 0 unspecified atom stereocenters. The fourth-order valence-electron chi connectivity index (χ4n) is 1.71. The van der Waals surface area contributed by atoms with Crippen LogP contribution in [-0.2, 0) is 4.57 Å². The Labute approximate surface area is 112 Å². The molecule has 2 N–H and O–H groups in total. The largest absolute Gasteiger partial charge is 0.446 e. The number of rotatable bonds is 2. The van der Waals surface area contributed by atoms with Crippen molar-refractivity contribution in [3.8, 4) is 11.5 Å². The fraction of sp³-hybridized carbons (Fsp3) is 0. The summed E-state index contributed by atoms with van der Waals surface area (Å²) in [5.74, 6) is 0.290. The molecule has 0 aliphatic carbocycles. The van der Waals surface area contributed by atoms with E-state index in [1.807, 2.05) is 0 Å². The first-order valence-corrected chi connectivity index (χ1v) is 7.23. The summed E-state index contributed by atoms with van der Waals surface area (Å²) in [4.78, 5) is 22.3. The van der Waals surface area contributed by atoms with Crippen molar-refractivity contribution in [1.82, 2.24) is 9.38 Å². The molecule has 0 radical (unpaired) electrons. The van der Waals surface area contributed by atoms with Crippen molar-refractivity contribution in [3.05, 3.63) is 41.7 Å². The van der Waals surface area contributed by atoms with Crippen molar-refractivity contribution in [1.29, 1.82) is 0 Å². The third kappa shape index (κ3) is 2.31. The van der Waals surface area contributed by atoms with E-state index in [-0.39, 0.29) is 11.3 Å². The van der Waals surface area contributed by atoms with Crippen LogP contribution in [0.15, 0.2) is 41.1 Å².